The highest BCUT2D eigenvalue weighted by atomic mass is 35.5. The van der Waals surface area contributed by atoms with E-state index in [0.717, 1.165) is 0 Å². The molecule has 0 saturated carbocycles. The smallest absolute Gasteiger partial charge is 0.255 e. The number of para-hydroxylation sites is 2. The zero-order valence-electron chi connectivity index (χ0n) is 20.1. The molecule has 7 heteroatoms. The van der Waals surface area contributed by atoms with E-state index in [0.29, 0.717) is 38.6 Å². The zero-order chi connectivity index (χ0) is 26.2. The Morgan fingerprint density at radius 2 is 1.37 bits per heavy atom. The van der Waals surface area contributed by atoms with Gasteiger partial charge in [0.05, 0.1) is 17.0 Å². The number of imidazole rings is 1. The van der Waals surface area contributed by atoms with Crippen LogP contribution in [0.15, 0.2) is 109 Å². The van der Waals surface area contributed by atoms with Gasteiger partial charge in [0.1, 0.15) is 11.9 Å². The summed E-state index contributed by atoms with van der Waals surface area (Å²) < 4.78 is 1.49. The third-order valence-electron chi connectivity index (χ3n) is 6.99. The van der Waals surface area contributed by atoms with Gasteiger partial charge in [-0.25, -0.2) is 4.98 Å². The van der Waals surface area contributed by atoms with Crippen LogP contribution in [0.2, 0.25) is 5.02 Å². The molecule has 6 nitrogen and oxygen atoms in total. The fraction of sp³-hybridized carbons (Fsp3) is 0.0968. The maximum Gasteiger partial charge on any atom is 0.255 e. The number of hydrogen-bond acceptors (Lipinski definition) is 4. The summed E-state index contributed by atoms with van der Waals surface area (Å²) in [5.74, 6) is -2.14. The molecule has 0 bridgehead atoms. The molecule has 186 valence electrons. The summed E-state index contributed by atoms with van der Waals surface area (Å²) in [7, 11) is 0. The van der Waals surface area contributed by atoms with E-state index in [-0.39, 0.29) is 11.7 Å². The molecule has 1 aliphatic rings. The number of ketones is 1. The number of carbonyl (C=O) groups is 3. The maximum absolute atomic E-state index is 14.2. The first-order chi connectivity index (χ1) is 18.5. The predicted molar refractivity (Wildman–Crippen MR) is 146 cm³/mol. The largest absolute Gasteiger partial charge is 0.340 e. The van der Waals surface area contributed by atoms with Crippen molar-refractivity contribution < 1.29 is 14.4 Å². The molecule has 0 spiro atoms. The van der Waals surface area contributed by atoms with Crippen molar-refractivity contribution in [2.75, 3.05) is 0 Å². The Morgan fingerprint density at radius 1 is 0.763 bits per heavy atom. The normalized spacial score (nSPS) is 18.7. The van der Waals surface area contributed by atoms with Crippen LogP contribution in [0.25, 0.3) is 11.0 Å². The van der Waals surface area contributed by atoms with Crippen LogP contribution in [0, 0.1) is 0 Å². The van der Waals surface area contributed by atoms with Crippen molar-refractivity contribution in [1.29, 1.82) is 0 Å². The Kier molecular flexibility index (Phi) is 6.10. The molecule has 3 atom stereocenters. The molecule has 2 heterocycles. The highest BCUT2D eigenvalue weighted by Crippen LogP contribution is 2.43. The van der Waals surface area contributed by atoms with Crippen molar-refractivity contribution >= 4 is 40.2 Å². The first-order valence-electron chi connectivity index (χ1n) is 12.2. The van der Waals surface area contributed by atoms with Gasteiger partial charge in [-0.1, -0.05) is 84.4 Å². The minimum absolute atomic E-state index is 0.187. The van der Waals surface area contributed by atoms with Crippen LogP contribution < -0.4 is 5.32 Å². The van der Waals surface area contributed by atoms with Crippen LogP contribution >= 0.6 is 11.6 Å². The molecule has 5 aromatic rings. The van der Waals surface area contributed by atoms with E-state index >= 15 is 0 Å². The molecular weight excluding hydrogens is 498 g/mol. The first kappa shape index (κ1) is 23.8. The number of halogens is 1. The fourth-order valence-corrected chi connectivity index (χ4v) is 5.35. The molecule has 4 aromatic carbocycles. The molecule has 0 radical (unpaired) electrons. The van der Waals surface area contributed by atoms with Crippen LogP contribution in [0.5, 0.6) is 0 Å². The van der Waals surface area contributed by atoms with Crippen LogP contribution in [-0.2, 0) is 0 Å². The fourth-order valence-electron chi connectivity index (χ4n) is 5.23. The Labute approximate surface area is 223 Å². The highest BCUT2D eigenvalue weighted by molar-refractivity contribution is 6.30. The van der Waals surface area contributed by atoms with Crippen molar-refractivity contribution in [2.45, 2.75) is 17.9 Å². The van der Waals surface area contributed by atoms with Gasteiger partial charge < -0.3 is 5.32 Å². The van der Waals surface area contributed by atoms with Crippen LogP contribution in [0.1, 0.15) is 48.7 Å². The summed E-state index contributed by atoms with van der Waals surface area (Å²) in [6.45, 7) is 0. The average Bonchev–Trinajstić information content (AvgIpc) is 3.35. The van der Waals surface area contributed by atoms with Crippen molar-refractivity contribution in [1.82, 2.24) is 14.9 Å². The van der Waals surface area contributed by atoms with E-state index in [1.165, 1.54) is 4.57 Å². The van der Waals surface area contributed by atoms with Crippen molar-refractivity contribution in [3.05, 3.63) is 137 Å². The van der Waals surface area contributed by atoms with Gasteiger partial charge in [0.25, 0.3) is 11.8 Å². The molecule has 38 heavy (non-hydrogen) atoms. The molecule has 6 rings (SSSR count). The van der Waals surface area contributed by atoms with E-state index in [9.17, 15) is 14.4 Å². The summed E-state index contributed by atoms with van der Waals surface area (Å²) in [4.78, 5) is 46.5. The molecular formula is C31H22ClN3O3. The topological polar surface area (TPSA) is 81.1 Å². The van der Waals surface area contributed by atoms with E-state index in [1.807, 2.05) is 30.3 Å². The number of hydrogen-bond donors (Lipinski definition) is 1. The molecule has 1 N–H and O–H groups in total. The van der Waals surface area contributed by atoms with Gasteiger partial charge >= 0.3 is 0 Å². The second-order valence-corrected chi connectivity index (χ2v) is 9.67. The number of carbonyl (C=O) groups excluding carboxylic acids is 3. The van der Waals surface area contributed by atoms with Gasteiger partial charge in [-0.05, 0) is 42.0 Å². The van der Waals surface area contributed by atoms with Crippen LogP contribution in [-0.4, -0.2) is 33.2 Å². The van der Waals surface area contributed by atoms with Gasteiger partial charge in [-0.2, -0.15) is 0 Å². The van der Waals surface area contributed by atoms with Gasteiger partial charge in [0.2, 0.25) is 0 Å². The second kappa shape index (κ2) is 9.72. The SMILES string of the molecule is O=C(N[C@@H]1C(=O)n2c(nc3ccccc32)[C@@H](C(=O)c2ccccc2)[C@@H]1c1ccc(Cl)cc1)c1ccccc1. The third kappa shape index (κ3) is 4.09. The van der Waals surface area contributed by atoms with E-state index in [4.69, 9.17) is 16.6 Å². The quantitative estimate of drug-likeness (QED) is 0.293. The van der Waals surface area contributed by atoms with E-state index in [1.54, 1.807) is 78.9 Å². The van der Waals surface area contributed by atoms with Crippen LogP contribution in [0.3, 0.4) is 0 Å². The number of amides is 1. The summed E-state index contributed by atoms with van der Waals surface area (Å²) >= 11 is 6.19. The minimum atomic E-state index is -1.04. The first-order valence-corrected chi connectivity index (χ1v) is 12.6. The van der Waals surface area contributed by atoms with Gasteiger partial charge in [-0.15, -0.1) is 0 Å². The third-order valence-corrected chi connectivity index (χ3v) is 7.24. The number of rotatable bonds is 5. The van der Waals surface area contributed by atoms with E-state index in [2.05, 4.69) is 5.32 Å². The molecule has 1 aliphatic heterocycles. The Bertz CT molecular complexity index is 1660. The van der Waals surface area contributed by atoms with E-state index < -0.39 is 23.8 Å². The molecule has 0 unspecified atom stereocenters. The average molecular weight is 520 g/mol. The number of Topliss-reactive ketones (excluding diaryl/α,β-unsaturated/α-hetero) is 1. The number of aromatic nitrogens is 2. The maximum atomic E-state index is 14.2. The zero-order valence-corrected chi connectivity index (χ0v) is 20.9. The van der Waals surface area contributed by atoms with Gasteiger partial charge in [0, 0.05) is 22.1 Å². The van der Waals surface area contributed by atoms with Crippen LogP contribution in [0.4, 0.5) is 0 Å². The lowest BCUT2D eigenvalue weighted by Crippen LogP contribution is -2.53. The van der Waals surface area contributed by atoms with Gasteiger partial charge in [-0.3, -0.25) is 19.0 Å². The lowest BCUT2D eigenvalue weighted by molar-refractivity contribution is 0.0727. The Morgan fingerprint density at radius 3 is 2.05 bits per heavy atom. The number of benzene rings is 4. The number of fused-ring (bicyclic) bond motifs is 3. The summed E-state index contributed by atoms with van der Waals surface area (Å²) in [6.07, 6.45) is 0. The summed E-state index contributed by atoms with van der Waals surface area (Å²) in [5.41, 5.74) is 2.81. The molecule has 0 saturated heterocycles. The minimum Gasteiger partial charge on any atom is -0.340 e. The molecule has 0 fully saturated rings. The lowest BCUT2D eigenvalue weighted by atomic mass is 9.74. The second-order valence-electron chi connectivity index (χ2n) is 9.23. The molecule has 1 aromatic heterocycles. The highest BCUT2D eigenvalue weighted by Gasteiger charge is 2.49. The monoisotopic (exact) mass is 519 g/mol. The summed E-state index contributed by atoms with van der Waals surface area (Å²) in [5, 5.41) is 3.48. The lowest BCUT2D eigenvalue weighted by Gasteiger charge is -2.37. The standard InChI is InChI=1S/C31H22ClN3O3/c32-22-17-15-19(16-18-22)25-26(28(36)20-9-3-1-4-10-20)29-33-23-13-7-8-14-24(23)35(29)31(38)27(25)34-30(37)21-11-5-2-6-12-21/h1-18,25-27H,(H,34,37)/t25-,26+,27-/m0/s1. The molecule has 1 amide bonds. The van der Waals surface area contributed by atoms with Crippen molar-refractivity contribution in [2.24, 2.45) is 0 Å². The predicted octanol–water partition coefficient (Wildman–Crippen LogP) is 5.89. The van der Waals surface area contributed by atoms with Crippen molar-refractivity contribution in [3.8, 4) is 0 Å². The Hall–Kier alpha value is -4.55. The summed E-state index contributed by atoms with van der Waals surface area (Å²) in [6, 6.07) is 30.9. The van der Waals surface area contributed by atoms with Crippen molar-refractivity contribution in [3.63, 3.8) is 0 Å². The number of nitrogens with one attached hydrogen (secondary N) is 1. The van der Waals surface area contributed by atoms with Gasteiger partial charge in [0.15, 0.2) is 5.78 Å². The Balaban J connectivity index is 1.58. The molecule has 0 aliphatic carbocycles. The number of nitrogens with zero attached hydrogens (tertiary/aromatic N) is 2.